The van der Waals surface area contributed by atoms with Crippen molar-refractivity contribution in [1.82, 2.24) is 0 Å². The minimum absolute atomic E-state index is 0.352. The number of anilines is 2. The van der Waals surface area contributed by atoms with Crippen molar-refractivity contribution in [2.45, 2.75) is 11.8 Å². The highest BCUT2D eigenvalue weighted by atomic mass is 14.9. The normalized spacial score (nSPS) is 14.3. The van der Waals surface area contributed by atoms with Crippen molar-refractivity contribution in [2.75, 3.05) is 5.32 Å². The topological polar surface area (TPSA) is 12.0 Å². The molecular weight excluding hydrogens is 470 g/mol. The smallest absolute Gasteiger partial charge is 0.0745 e. The summed E-state index contributed by atoms with van der Waals surface area (Å²) in [5.41, 5.74) is 18.3. The first-order valence-corrected chi connectivity index (χ1v) is 13.7. The summed E-state index contributed by atoms with van der Waals surface area (Å²) in [4.78, 5) is 0. The lowest BCUT2D eigenvalue weighted by Gasteiger charge is -2.32. The quantitative estimate of drug-likeness (QED) is 0.252. The van der Waals surface area contributed by atoms with Crippen molar-refractivity contribution >= 4 is 11.4 Å². The summed E-state index contributed by atoms with van der Waals surface area (Å²) < 4.78 is 0. The third kappa shape index (κ3) is 2.65. The molecule has 1 N–H and O–H groups in total. The number of benzene rings is 6. The van der Waals surface area contributed by atoms with Crippen molar-refractivity contribution in [3.05, 3.63) is 167 Å². The van der Waals surface area contributed by atoms with Gasteiger partial charge in [-0.15, -0.1) is 0 Å². The molecule has 9 rings (SSSR count). The minimum atomic E-state index is -0.352. The largest absolute Gasteiger partial charge is 0.355 e. The third-order valence-corrected chi connectivity index (χ3v) is 9.09. The molecule has 0 aromatic heterocycles. The number of nitrogens with one attached hydrogen (secondary N) is 1. The van der Waals surface area contributed by atoms with Crippen molar-refractivity contribution in [2.24, 2.45) is 0 Å². The fraction of sp³-hybridized carbons (Fsp3) is 0.0526. The van der Waals surface area contributed by atoms with Crippen LogP contribution in [0, 0.1) is 0 Å². The molecule has 1 heteroatoms. The summed E-state index contributed by atoms with van der Waals surface area (Å²) in [6.45, 7) is 0. The van der Waals surface area contributed by atoms with Crippen LogP contribution in [0.1, 0.15) is 33.4 Å². The van der Waals surface area contributed by atoms with Crippen LogP contribution in [0.3, 0.4) is 0 Å². The van der Waals surface area contributed by atoms with Crippen LogP contribution in [0.5, 0.6) is 0 Å². The molecule has 0 radical (unpaired) electrons. The fourth-order valence-electron chi connectivity index (χ4n) is 7.64. The van der Waals surface area contributed by atoms with Gasteiger partial charge in [0.15, 0.2) is 0 Å². The molecule has 39 heavy (non-hydrogen) atoms. The number of fused-ring (bicyclic) bond motifs is 13. The van der Waals surface area contributed by atoms with Crippen molar-refractivity contribution in [3.63, 3.8) is 0 Å². The highest BCUT2D eigenvalue weighted by Gasteiger charge is 2.52. The molecule has 0 saturated heterocycles. The van der Waals surface area contributed by atoms with Crippen molar-refractivity contribution in [1.29, 1.82) is 0 Å². The molecule has 182 valence electrons. The molecule has 0 amide bonds. The van der Waals surface area contributed by atoms with E-state index in [4.69, 9.17) is 0 Å². The standard InChI is InChI=1S/C38H25N/c1-2-11-27-24(10-1)22-25-23-26(20-21-28(25)27)39-36-19-9-15-32-31-14-5-8-18-35(31)38(37(32)36)33-16-6-3-12-29(33)30-13-4-7-17-34(30)38/h1-21,23,39H,22H2. The average molecular weight is 496 g/mol. The molecule has 0 fully saturated rings. The maximum Gasteiger partial charge on any atom is 0.0745 e. The molecule has 1 nitrogen and oxygen atoms in total. The second-order valence-corrected chi connectivity index (χ2v) is 10.9. The predicted molar refractivity (Wildman–Crippen MR) is 161 cm³/mol. The van der Waals surface area contributed by atoms with E-state index in [-0.39, 0.29) is 5.41 Å². The van der Waals surface area contributed by atoms with E-state index in [9.17, 15) is 0 Å². The van der Waals surface area contributed by atoms with E-state index in [2.05, 4.69) is 139 Å². The van der Waals surface area contributed by atoms with Crippen LogP contribution in [-0.2, 0) is 11.8 Å². The lowest BCUT2D eigenvalue weighted by molar-refractivity contribution is 0.796. The molecule has 0 atom stereocenters. The fourth-order valence-corrected chi connectivity index (χ4v) is 7.64. The molecule has 0 bridgehead atoms. The van der Waals surface area contributed by atoms with Gasteiger partial charge in [-0.25, -0.2) is 0 Å². The van der Waals surface area contributed by atoms with E-state index < -0.39 is 0 Å². The van der Waals surface area contributed by atoms with Gasteiger partial charge in [-0.3, -0.25) is 0 Å². The molecule has 0 saturated carbocycles. The van der Waals surface area contributed by atoms with Crippen LogP contribution in [0.4, 0.5) is 11.4 Å². The van der Waals surface area contributed by atoms with Gasteiger partial charge in [-0.2, -0.15) is 0 Å². The van der Waals surface area contributed by atoms with E-state index in [0.29, 0.717) is 0 Å². The van der Waals surface area contributed by atoms with Gasteiger partial charge in [0.2, 0.25) is 0 Å². The summed E-state index contributed by atoms with van der Waals surface area (Å²) in [7, 11) is 0. The zero-order chi connectivity index (χ0) is 25.6. The summed E-state index contributed by atoms with van der Waals surface area (Å²) in [5, 5.41) is 3.91. The summed E-state index contributed by atoms with van der Waals surface area (Å²) in [6, 6.07) is 49.4. The van der Waals surface area contributed by atoms with Gasteiger partial charge in [-0.1, -0.05) is 115 Å². The Balaban J connectivity index is 1.28. The van der Waals surface area contributed by atoms with E-state index in [0.717, 1.165) is 12.1 Å². The maximum absolute atomic E-state index is 3.91. The molecule has 3 aliphatic rings. The van der Waals surface area contributed by atoms with Crippen molar-refractivity contribution in [3.8, 4) is 33.4 Å². The molecule has 1 spiro atoms. The Hall–Kier alpha value is -4.88. The summed E-state index contributed by atoms with van der Waals surface area (Å²) in [5.74, 6) is 0. The third-order valence-electron chi connectivity index (χ3n) is 9.09. The number of hydrogen-bond acceptors (Lipinski definition) is 1. The number of hydrogen-bond donors (Lipinski definition) is 1. The Kier molecular flexibility index (Phi) is 4.10. The van der Waals surface area contributed by atoms with Gasteiger partial charge in [0.1, 0.15) is 0 Å². The van der Waals surface area contributed by atoms with Crippen LogP contribution in [-0.4, -0.2) is 0 Å². The maximum atomic E-state index is 3.91. The summed E-state index contributed by atoms with van der Waals surface area (Å²) in [6.07, 6.45) is 0.990. The van der Waals surface area contributed by atoms with Crippen LogP contribution < -0.4 is 5.32 Å². The van der Waals surface area contributed by atoms with Gasteiger partial charge in [0, 0.05) is 16.9 Å². The predicted octanol–water partition coefficient (Wildman–Crippen LogP) is 9.34. The second kappa shape index (κ2) is 7.58. The molecule has 3 aliphatic carbocycles. The van der Waals surface area contributed by atoms with E-state index in [1.807, 2.05) is 0 Å². The lowest BCUT2D eigenvalue weighted by Crippen LogP contribution is -2.26. The highest BCUT2D eigenvalue weighted by Crippen LogP contribution is 2.64. The van der Waals surface area contributed by atoms with E-state index in [1.165, 1.54) is 72.4 Å². The average Bonchev–Trinajstić information content (AvgIpc) is 3.61. The molecule has 0 aliphatic heterocycles. The monoisotopic (exact) mass is 495 g/mol. The Morgan fingerprint density at radius 2 is 0.974 bits per heavy atom. The highest BCUT2D eigenvalue weighted by molar-refractivity contribution is 5.98. The molecular formula is C38H25N. The lowest BCUT2D eigenvalue weighted by atomic mass is 9.70. The molecule has 6 aromatic carbocycles. The Bertz CT molecular complexity index is 1910. The first-order chi connectivity index (χ1) is 19.3. The van der Waals surface area contributed by atoms with Gasteiger partial charge < -0.3 is 5.32 Å². The summed E-state index contributed by atoms with van der Waals surface area (Å²) >= 11 is 0. The molecule has 0 unspecified atom stereocenters. The Morgan fingerprint density at radius 1 is 0.436 bits per heavy atom. The minimum Gasteiger partial charge on any atom is -0.355 e. The molecule has 6 aromatic rings. The van der Waals surface area contributed by atoms with Crippen molar-refractivity contribution < 1.29 is 0 Å². The molecule has 0 heterocycles. The number of rotatable bonds is 2. The van der Waals surface area contributed by atoms with E-state index >= 15 is 0 Å². The van der Waals surface area contributed by atoms with Gasteiger partial charge in [0.25, 0.3) is 0 Å². The van der Waals surface area contributed by atoms with Crippen LogP contribution in [0.15, 0.2) is 133 Å². The zero-order valence-corrected chi connectivity index (χ0v) is 21.4. The van der Waals surface area contributed by atoms with Gasteiger partial charge in [-0.05, 0) is 85.8 Å². The van der Waals surface area contributed by atoms with Crippen LogP contribution in [0.25, 0.3) is 33.4 Å². The second-order valence-electron chi connectivity index (χ2n) is 10.9. The first-order valence-electron chi connectivity index (χ1n) is 13.7. The zero-order valence-electron chi connectivity index (χ0n) is 21.4. The van der Waals surface area contributed by atoms with E-state index in [1.54, 1.807) is 0 Å². The van der Waals surface area contributed by atoms with Gasteiger partial charge >= 0.3 is 0 Å². The van der Waals surface area contributed by atoms with Crippen LogP contribution in [0.2, 0.25) is 0 Å². The SMILES string of the molecule is c1ccc2c(c1)Cc1cc(Nc3cccc4c3C3(c5ccccc5-c5ccccc53)c3ccccc3-4)ccc1-2. The Labute approximate surface area is 228 Å². The first kappa shape index (κ1) is 21.1. The van der Waals surface area contributed by atoms with Gasteiger partial charge in [0.05, 0.1) is 5.41 Å². The van der Waals surface area contributed by atoms with Crippen LogP contribution >= 0.6 is 0 Å². The Morgan fingerprint density at radius 3 is 1.67 bits per heavy atom.